The zero-order valence-corrected chi connectivity index (χ0v) is 13.3. The van der Waals surface area contributed by atoms with Crippen molar-refractivity contribution in [3.8, 4) is 0 Å². The van der Waals surface area contributed by atoms with Gasteiger partial charge in [-0.3, -0.25) is 4.79 Å². The first-order valence-electron chi connectivity index (χ1n) is 7.13. The van der Waals surface area contributed by atoms with Crippen LogP contribution in [0.5, 0.6) is 0 Å². The number of anilines is 1. The van der Waals surface area contributed by atoms with Crippen LogP contribution >= 0.6 is 15.9 Å². The minimum absolute atomic E-state index is 0.626. The predicted octanol–water partition coefficient (Wildman–Crippen LogP) is 4.67. The van der Waals surface area contributed by atoms with Crippen LogP contribution in [0.1, 0.15) is 49.4 Å². The third-order valence-electron chi connectivity index (χ3n) is 4.43. The molecule has 1 fully saturated rings. The number of benzene rings is 1. The Morgan fingerprint density at radius 1 is 1.32 bits per heavy atom. The number of rotatable bonds is 4. The maximum Gasteiger partial charge on any atom is 0.150 e. The summed E-state index contributed by atoms with van der Waals surface area (Å²) in [6.45, 7) is 2.30. The lowest BCUT2D eigenvalue weighted by molar-refractivity contribution is 0.112. The van der Waals surface area contributed by atoms with Gasteiger partial charge in [-0.05, 0) is 65.7 Å². The topological polar surface area (TPSA) is 20.3 Å². The van der Waals surface area contributed by atoms with Crippen LogP contribution in [0.3, 0.4) is 0 Å². The SMILES string of the molecule is CCC1CCC(N(C)c2ccc(C=O)cc2Br)CC1. The monoisotopic (exact) mass is 323 g/mol. The summed E-state index contributed by atoms with van der Waals surface area (Å²) in [5, 5.41) is 0. The molecule has 1 aliphatic rings. The summed E-state index contributed by atoms with van der Waals surface area (Å²) in [6.07, 6.45) is 7.44. The number of carbonyl (C=O) groups excluding carboxylic acids is 1. The molecule has 2 nitrogen and oxygen atoms in total. The highest BCUT2D eigenvalue weighted by atomic mass is 79.9. The minimum atomic E-state index is 0.626. The van der Waals surface area contributed by atoms with E-state index in [2.05, 4.69) is 34.8 Å². The van der Waals surface area contributed by atoms with Crippen molar-refractivity contribution in [1.29, 1.82) is 0 Å². The van der Waals surface area contributed by atoms with Gasteiger partial charge in [-0.25, -0.2) is 0 Å². The van der Waals surface area contributed by atoms with E-state index in [0.717, 1.165) is 22.2 Å². The highest BCUT2D eigenvalue weighted by Crippen LogP contribution is 2.34. The fourth-order valence-corrected chi connectivity index (χ4v) is 3.70. The molecule has 0 bridgehead atoms. The number of hydrogen-bond acceptors (Lipinski definition) is 2. The van der Waals surface area contributed by atoms with Crippen molar-refractivity contribution in [2.45, 2.75) is 45.1 Å². The summed E-state index contributed by atoms with van der Waals surface area (Å²) in [6, 6.07) is 6.46. The molecule has 0 aliphatic heterocycles. The van der Waals surface area contributed by atoms with Gasteiger partial charge in [0, 0.05) is 23.1 Å². The molecule has 0 aromatic heterocycles. The molecule has 0 N–H and O–H groups in total. The zero-order valence-electron chi connectivity index (χ0n) is 11.7. The van der Waals surface area contributed by atoms with Gasteiger partial charge in [0.1, 0.15) is 6.29 Å². The van der Waals surface area contributed by atoms with E-state index in [0.29, 0.717) is 6.04 Å². The molecule has 2 rings (SSSR count). The van der Waals surface area contributed by atoms with E-state index in [1.807, 2.05) is 18.2 Å². The number of carbonyl (C=O) groups is 1. The van der Waals surface area contributed by atoms with Crippen LogP contribution in [-0.2, 0) is 0 Å². The Labute approximate surface area is 124 Å². The predicted molar refractivity (Wildman–Crippen MR) is 84.0 cm³/mol. The lowest BCUT2D eigenvalue weighted by Crippen LogP contribution is -2.35. The van der Waals surface area contributed by atoms with Crippen LogP contribution in [0.2, 0.25) is 0 Å². The van der Waals surface area contributed by atoms with Crippen LogP contribution in [0, 0.1) is 5.92 Å². The van der Waals surface area contributed by atoms with E-state index in [1.54, 1.807) is 0 Å². The Hall–Kier alpha value is -0.830. The Kier molecular flexibility index (Phi) is 5.03. The van der Waals surface area contributed by atoms with E-state index in [9.17, 15) is 4.79 Å². The van der Waals surface area contributed by atoms with Crippen molar-refractivity contribution in [1.82, 2.24) is 0 Å². The Bertz CT molecular complexity index is 438. The summed E-state index contributed by atoms with van der Waals surface area (Å²) < 4.78 is 1.01. The maximum atomic E-state index is 10.8. The van der Waals surface area contributed by atoms with E-state index in [4.69, 9.17) is 0 Å². The van der Waals surface area contributed by atoms with Gasteiger partial charge in [0.05, 0.1) is 5.69 Å². The third-order valence-corrected chi connectivity index (χ3v) is 5.06. The molecule has 1 aromatic rings. The van der Waals surface area contributed by atoms with E-state index >= 15 is 0 Å². The van der Waals surface area contributed by atoms with Gasteiger partial charge < -0.3 is 4.90 Å². The van der Waals surface area contributed by atoms with Gasteiger partial charge >= 0.3 is 0 Å². The van der Waals surface area contributed by atoms with Crippen LogP contribution in [-0.4, -0.2) is 19.4 Å². The Morgan fingerprint density at radius 2 is 2.00 bits per heavy atom. The molecule has 3 heteroatoms. The summed E-state index contributed by atoms with van der Waals surface area (Å²) >= 11 is 3.58. The number of aldehydes is 1. The van der Waals surface area contributed by atoms with E-state index in [-0.39, 0.29) is 0 Å². The van der Waals surface area contributed by atoms with Crippen LogP contribution in [0.25, 0.3) is 0 Å². The summed E-state index contributed by atoms with van der Waals surface area (Å²) in [7, 11) is 2.16. The first-order valence-corrected chi connectivity index (χ1v) is 7.92. The average Bonchev–Trinajstić information content (AvgIpc) is 2.46. The molecule has 104 valence electrons. The van der Waals surface area contributed by atoms with Crippen molar-refractivity contribution in [2.75, 3.05) is 11.9 Å². The standard InChI is InChI=1S/C16H22BrNO/c1-3-12-4-7-14(8-5-12)18(2)16-9-6-13(11-19)10-15(16)17/h6,9-12,14H,3-5,7-8H2,1-2H3. The van der Waals surface area contributed by atoms with Crippen molar-refractivity contribution in [3.05, 3.63) is 28.2 Å². The molecular formula is C16H22BrNO. The highest BCUT2D eigenvalue weighted by Gasteiger charge is 2.24. The fourth-order valence-electron chi connectivity index (χ4n) is 3.02. The van der Waals surface area contributed by atoms with Crippen molar-refractivity contribution >= 4 is 27.9 Å². The molecule has 0 saturated heterocycles. The Morgan fingerprint density at radius 3 is 2.53 bits per heavy atom. The van der Waals surface area contributed by atoms with Gasteiger partial charge in [0.25, 0.3) is 0 Å². The summed E-state index contributed by atoms with van der Waals surface area (Å²) in [5.41, 5.74) is 1.91. The van der Waals surface area contributed by atoms with Gasteiger partial charge in [-0.15, -0.1) is 0 Å². The van der Waals surface area contributed by atoms with Gasteiger partial charge in [0.2, 0.25) is 0 Å². The van der Waals surface area contributed by atoms with Crippen LogP contribution in [0.15, 0.2) is 22.7 Å². The molecule has 0 atom stereocenters. The van der Waals surface area contributed by atoms with Gasteiger partial charge in [-0.2, -0.15) is 0 Å². The molecule has 0 spiro atoms. The number of hydrogen-bond donors (Lipinski definition) is 0. The van der Waals surface area contributed by atoms with Crippen molar-refractivity contribution in [2.24, 2.45) is 5.92 Å². The fraction of sp³-hybridized carbons (Fsp3) is 0.562. The van der Waals surface area contributed by atoms with Crippen molar-refractivity contribution < 1.29 is 4.79 Å². The maximum absolute atomic E-state index is 10.8. The quantitative estimate of drug-likeness (QED) is 0.750. The minimum Gasteiger partial charge on any atom is -0.371 e. The number of halogens is 1. The van der Waals surface area contributed by atoms with Crippen molar-refractivity contribution in [3.63, 3.8) is 0 Å². The molecule has 1 aliphatic carbocycles. The average molecular weight is 324 g/mol. The molecule has 0 radical (unpaired) electrons. The lowest BCUT2D eigenvalue weighted by atomic mass is 9.84. The largest absolute Gasteiger partial charge is 0.371 e. The highest BCUT2D eigenvalue weighted by molar-refractivity contribution is 9.10. The zero-order chi connectivity index (χ0) is 13.8. The smallest absolute Gasteiger partial charge is 0.150 e. The lowest BCUT2D eigenvalue weighted by Gasteiger charge is -2.36. The van der Waals surface area contributed by atoms with E-state index < -0.39 is 0 Å². The first kappa shape index (κ1) is 14.6. The second kappa shape index (κ2) is 6.56. The van der Waals surface area contributed by atoms with Crippen LogP contribution < -0.4 is 4.90 Å². The molecule has 19 heavy (non-hydrogen) atoms. The summed E-state index contributed by atoms with van der Waals surface area (Å²) in [4.78, 5) is 13.1. The van der Waals surface area contributed by atoms with Gasteiger partial charge in [0.15, 0.2) is 0 Å². The normalized spacial score (nSPS) is 23.1. The second-order valence-electron chi connectivity index (χ2n) is 5.52. The second-order valence-corrected chi connectivity index (χ2v) is 6.38. The molecular weight excluding hydrogens is 302 g/mol. The Balaban J connectivity index is 2.07. The molecule has 0 heterocycles. The first-order chi connectivity index (χ1) is 9.15. The summed E-state index contributed by atoms with van der Waals surface area (Å²) in [5.74, 6) is 0.922. The third kappa shape index (κ3) is 3.38. The van der Waals surface area contributed by atoms with Gasteiger partial charge in [-0.1, -0.05) is 13.3 Å². The molecule has 1 saturated carbocycles. The molecule has 0 unspecified atom stereocenters. The van der Waals surface area contributed by atoms with E-state index in [1.165, 1.54) is 37.8 Å². The number of nitrogens with zero attached hydrogens (tertiary/aromatic N) is 1. The molecule has 0 amide bonds. The van der Waals surface area contributed by atoms with Crippen LogP contribution in [0.4, 0.5) is 5.69 Å². The molecule has 1 aromatic carbocycles.